The van der Waals surface area contributed by atoms with Crippen molar-refractivity contribution in [1.29, 1.82) is 0 Å². The molecule has 0 N–H and O–H groups in total. The van der Waals surface area contributed by atoms with E-state index in [9.17, 15) is 4.79 Å². The topological polar surface area (TPSA) is 30.0 Å². The second-order valence-corrected chi connectivity index (χ2v) is 8.30. The van der Waals surface area contributed by atoms with E-state index in [0.29, 0.717) is 6.42 Å². The third kappa shape index (κ3) is 2.56. The minimum absolute atomic E-state index is 0.0523. The molecule has 2 heteroatoms. The van der Waals surface area contributed by atoms with Gasteiger partial charge < -0.3 is 0 Å². The predicted molar refractivity (Wildman–Crippen MR) is 111 cm³/mol. The molecule has 0 saturated heterocycles. The molecule has 3 aromatic carbocycles. The number of Topliss-reactive ketones (excluding diaryl/α,β-unsaturated/α-hetero) is 1. The number of hydrogen-bond acceptors (Lipinski definition) is 2. The van der Waals surface area contributed by atoms with Gasteiger partial charge in [-0.2, -0.15) is 0 Å². The number of carbonyl (C=O) groups excluding carboxylic acids is 1. The van der Waals surface area contributed by atoms with Gasteiger partial charge >= 0.3 is 0 Å². The van der Waals surface area contributed by atoms with Crippen molar-refractivity contribution in [3.05, 3.63) is 78.0 Å². The largest absolute Gasteiger partial charge is 0.294 e. The molecule has 0 spiro atoms. The molecule has 1 heterocycles. The highest BCUT2D eigenvalue weighted by Crippen LogP contribution is 2.42. The monoisotopic (exact) mass is 351 g/mol. The van der Waals surface area contributed by atoms with Gasteiger partial charge in [-0.1, -0.05) is 80.6 Å². The van der Waals surface area contributed by atoms with Crippen molar-refractivity contribution < 1.29 is 4.79 Å². The number of benzene rings is 3. The molecule has 27 heavy (non-hydrogen) atoms. The Hall–Kier alpha value is -3.00. The summed E-state index contributed by atoms with van der Waals surface area (Å²) in [5.74, 6) is 0.211. The lowest BCUT2D eigenvalue weighted by molar-refractivity contribution is 0.0911. The number of fused-ring (bicyclic) bond motifs is 4. The number of carbonyl (C=O) groups is 1. The Morgan fingerprint density at radius 1 is 0.778 bits per heavy atom. The van der Waals surface area contributed by atoms with Crippen molar-refractivity contribution in [2.45, 2.75) is 26.7 Å². The first-order valence-electron chi connectivity index (χ1n) is 9.46. The summed E-state index contributed by atoms with van der Waals surface area (Å²) in [6.45, 7) is 4.32. The van der Waals surface area contributed by atoms with Crippen LogP contribution in [0.15, 0.2) is 66.7 Å². The standard InChI is InChI=1S/C25H21NO/c1-25(2)14-20-23(21(27)15-25)22(17-9-4-3-5-10-17)19-13-12-16-8-6-7-11-18(16)24(19)26-20/h3-13H,14-15H2,1-2H3. The molecule has 0 aliphatic heterocycles. The first-order valence-corrected chi connectivity index (χ1v) is 9.46. The van der Waals surface area contributed by atoms with Crippen LogP contribution in [0.3, 0.4) is 0 Å². The van der Waals surface area contributed by atoms with Crippen LogP contribution in [0.1, 0.15) is 36.3 Å². The summed E-state index contributed by atoms with van der Waals surface area (Å²) in [5, 5.41) is 3.38. The zero-order valence-corrected chi connectivity index (χ0v) is 15.6. The molecule has 2 nitrogen and oxygen atoms in total. The Labute approximate surface area is 158 Å². The van der Waals surface area contributed by atoms with Gasteiger partial charge in [0.2, 0.25) is 0 Å². The maximum Gasteiger partial charge on any atom is 0.165 e. The predicted octanol–water partition coefficient (Wildman–Crippen LogP) is 6.21. The van der Waals surface area contributed by atoms with Crippen LogP contribution in [-0.4, -0.2) is 10.8 Å². The van der Waals surface area contributed by atoms with E-state index in [4.69, 9.17) is 4.98 Å². The summed E-state index contributed by atoms with van der Waals surface area (Å²) in [7, 11) is 0. The SMILES string of the molecule is CC1(C)CC(=O)c2c(nc3c(ccc4ccccc43)c2-c2ccccc2)C1. The molecular formula is C25H21NO. The fraction of sp³-hybridized carbons (Fsp3) is 0.200. The van der Waals surface area contributed by atoms with Gasteiger partial charge in [0.15, 0.2) is 5.78 Å². The smallest absolute Gasteiger partial charge is 0.165 e. The van der Waals surface area contributed by atoms with Gasteiger partial charge in [0, 0.05) is 28.3 Å². The molecule has 4 aromatic rings. The highest BCUT2D eigenvalue weighted by Gasteiger charge is 2.34. The van der Waals surface area contributed by atoms with Gasteiger partial charge in [-0.05, 0) is 22.8 Å². The lowest BCUT2D eigenvalue weighted by Crippen LogP contribution is -2.28. The summed E-state index contributed by atoms with van der Waals surface area (Å²) in [6, 6.07) is 22.9. The van der Waals surface area contributed by atoms with Gasteiger partial charge in [-0.3, -0.25) is 9.78 Å². The normalized spacial score (nSPS) is 15.9. The molecular weight excluding hydrogens is 330 g/mol. The molecule has 0 amide bonds. The molecule has 0 unspecified atom stereocenters. The van der Waals surface area contributed by atoms with E-state index in [1.54, 1.807) is 0 Å². The summed E-state index contributed by atoms with van der Waals surface area (Å²) < 4.78 is 0. The summed E-state index contributed by atoms with van der Waals surface area (Å²) in [6.07, 6.45) is 1.40. The molecule has 1 aromatic heterocycles. The summed E-state index contributed by atoms with van der Waals surface area (Å²) >= 11 is 0. The van der Waals surface area contributed by atoms with E-state index in [0.717, 1.165) is 45.1 Å². The summed E-state index contributed by atoms with van der Waals surface area (Å²) in [4.78, 5) is 18.2. The lowest BCUT2D eigenvalue weighted by atomic mass is 9.73. The van der Waals surface area contributed by atoms with E-state index >= 15 is 0 Å². The fourth-order valence-corrected chi connectivity index (χ4v) is 4.42. The quantitative estimate of drug-likeness (QED) is 0.382. The molecule has 0 fully saturated rings. The third-order valence-electron chi connectivity index (χ3n) is 5.58. The number of rotatable bonds is 1. The minimum atomic E-state index is -0.0523. The van der Waals surface area contributed by atoms with Gasteiger partial charge in [-0.15, -0.1) is 0 Å². The Morgan fingerprint density at radius 3 is 2.33 bits per heavy atom. The van der Waals surface area contributed by atoms with Gasteiger partial charge in [0.25, 0.3) is 0 Å². The second kappa shape index (κ2) is 5.75. The Kier molecular flexibility index (Phi) is 3.45. The van der Waals surface area contributed by atoms with Crippen molar-refractivity contribution in [1.82, 2.24) is 4.98 Å². The molecule has 0 radical (unpaired) electrons. The van der Waals surface area contributed by atoms with Crippen LogP contribution in [0.25, 0.3) is 32.8 Å². The van der Waals surface area contributed by atoms with Crippen molar-refractivity contribution in [2.75, 3.05) is 0 Å². The number of aromatic nitrogens is 1. The zero-order valence-electron chi connectivity index (χ0n) is 15.6. The maximum atomic E-state index is 13.2. The molecule has 5 rings (SSSR count). The highest BCUT2D eigenvalue weighted by molar-refractivity contribution is 6.16. The van der Waals surface area contributed by atoms with Crippen molar-refractivity contribution >= 4 is 27.5 Å². The Balaban J connectivity index is 1.97. The van der Waals surface area contributed by atoms with Gasteiger partial charge in [-0.25, -0.2) is 0 Å². The van der Waals surface area contributed by atoms with Gasteiger partial charge in [0.1, 0.15) is 0 Å². The van der Waals surface area contributed by atoms with E-state index in [-0.39, 0.29) is 11.2 Å². The molecule has 0 bridgehead atoms. The number of ketones is 1. The zero-order chi connectivity index (χ0) is 18.6. The average molecular weight is 351 g/mol. The van der Waals surface area contributed by atoms with Crippen LogP contribution in [0.4, 0.5) is 0 Å². The molecule has 1 aliphatic rings. The van der Waals surface area contributed by atoms with E-state index in [1.165, 1.54) is 5.39 Å². The van der Waals surface area contributed by atoms with E-state index < -0.39 is 0 Å². The van der Waals surface area contributed by atoms with Crippen LogP contribution in [-0.2, 0) is 6.42 Å². The van der Waals surface area contributed by atoms with Crippen LogP contribution >= 0.6 is 0 Å². The minimum Gasteiger partial charge on any atom is -0.294 e. The van der Waals surface area contributed by atoms with Crippen molar-refractivity contribution in [2.24, 2.45) is 5.41 Å². The average Bonchev–Trinajstić information content (AvgIpc) is 2.66. The van der Waals surface area contributed by atoms with E-state index in [2.05, 4.69) is 62.4 Å². The number of hydrogen-bond donors (Lipinski definition) is 0. The van der Waals surface area contributed by atoms with Crippen LogP contribution in [0.5, 0.6) is 0 Å². The van der Waals surface area contributed by atoms with E-state index in [1.807, 2.05) is 18.2 Å². The van der Waals surface area contributed by atoms with Crippen LogP contribution in [0, 0.1) is 5.41 Å². The molecule has 0 saturated carbocycles. The Bertz CT molecular complexity index is 1210. The molecule has 132 valence electrons. The lowest BCUT2D eigenvalue weighted by Gasteiger charge is -2.31. The maximum absolute atomic E-state index is 13.2. The van der Waals surface area contributed by atoms with Crippen LogP contribution in [0.2, 0.25) is 0 Å². The summed E-state index contributed by atoms with van der Waals surface area (Å²) in [5.41, 5.74) is 4.84. The first-order chi connectivity index (χ1) is 13.0. The Morgan fingerprint density at radius 2 is 1.52 bits per heavy atom. The molecule has 1 aliphatic carbocycles. The molecule has 0 atom stereocenters. The van der Waals surface area contributed by atoms with Crippen molar-refractivity contribution in [3.63, 3.8) is 0 Å². The van der Waals surface area contributed by atoms with Crippen molar-refractivity contribution in [3.8, 4) is 11.1 Å². The van der Waals surface area contributed by atoms with Gasteiger partial charge in [0.05, 0.1) is 11.2 Å². The highest BCUT2D eigenvalue weighted by atomic mass is 16.1. The fourth-order valence-electron chi connectivity index (χ4n) is 4.42. The van der Waals surface area contributed by atoms with Crippen LogP contribution < -0.4 is 0 Å². The number of pyridine rings is 1. The number of nitrogens with zero attached hydrogens (tertiary/aromatic N) is 1. The second-order valence-electron chi connectivity index (χ2n) is 8.30. The first kappa shape index (κ1) is 16.2. The third-order valence-corrected chi connectivity index (χ3v) is 5.58.